The molecule has 0 saturated carbocycles. The predicted octanol–water partition coefficient (Wildman–Crippen LogP) is 4.33. The highest BCUT2D eigenvalue weighted by molar-refractivity contribution is 5.64. The number of halogens is 3. The van der Waals surface area contributed by atoms with Crippen LogP contribution in [0.5, 0.6) is 5.88 Å². The Balaban J connectivity index is 2.08. The van der Waals surface area contributed by atoms with Crippen LogP contribution in [0.25, 0.3) is 11.3 Å². The fourth-order valence-electron chi connectivity index (χ4n) is 2.76. The minimum atomic E-state index is -4.46. The van der Waals surface area contributed by atoms with E-state index in [4.69, 9.17) is 4.74 Å². The van der Waals surface area contributed by atoms with Gasteiger partial charge in [0.2, 0.25) is 5.88 Å². The van der Waals surface area contributed by atoms with E-state index >= 15 is 0 Å². The standard InChI is InChI=1S/C18H16F3N3O/c1-12-14(15-8-23-16(25-2)9-22-15)11-24(17(12)18(19,20)21)10-13-6-4-3-5-7-13/h3-9,11H,10H2,1-2H3. The first-order valence-corrected chi connectivity index (χ1v) is 7.57. The van der Waals surface area contributed by atoms with Gasteiger partial charge < -0.3 is 9.30 Å². The number of aromatic nitrogens is 3. The van der Waals surface area contributed by atoms with Gasteiger partial charge in [0.25, 0.3) is 0 Å². The summed E-state index contributed by atoms with van der Waals surface area (Å²) >= 11 is 0. The van der Waals surface area contributed by atoms with Gasteiger partial charge in [-0.3, -0.25) is 0 Å². The molecule has 7 heteroatoms. The summed E-state index contributed by atoms with van der Waals surface area (Å²) < 4.78 is 46.9. The molecule has 25 heavy (non-hydrogen) atoms. The van der Waals surface area contributed by atoms with Crippen molar-refractivity contribution in [3.8, 4) is 17.1 Å². The van der Waals surface area contributed by atoms with Crippen LogP contribution in [-0.2, 0) is 12.7 Å². The summed E-state index contributed by atoms with van der Waals surface area (Å²) in [5.41, 5.74) is 1.01. The molecule has 2 aromatic heterocycles. The predicted molar refractivity (Wildman–Crippen MR) is 87.3 cm³/mol. The summed E-state index contributed by atoms with van der Waals surface area (Å²) in [5.74, 6) is 0.307. The van der Waals surface area contributed by atoms with Crippen molar-refractivity contribution < 1.29 is 17.9 Å². The minimum Gasteiger partial charge on any atom is -0.480 e. The van der Waals surface area contributed by atoms with Crippen molar-refractivity contribution in [1.29, 1.82) is 0 Å². The maximum absolute atomic E-state index is 13.6. The van der Waals surface area contributed by atoms with E-state index in [0.717, 1.165) is 5.56 Å². The summed E-state index contributed by atoms with van der Waals surface area (Å²) in [7, 11) is 1.45. The molecule has 1 aromatic carbocycles. The second-order valence-corrected chi connectivity index (χ2v) is 5.57. The van der Waals surface area contributed by atoms with Gasteiger partial charge in [0.1, 0.15) is 5.69 Å². The minimum absolute atomic E-state index is 0.125. The SMILES string of the molecule is COc1cnc(-c2cn(Cc3ccccc3)c(C(F)(F)F)c2C)cn1. The van der Waals surface area contributed by atoms with Crippen molar-refractivity contribution in [3.63, 3.8) is 0 Å². The van der Waals surface area contributed by atoms with Gasteiger partial charge in [-0.05, 0) is 18.1 Å². The summed E-state index contributed by atoms with van der Waals surface area (Å²) in [6.45, 7) is 1.58. The molecule has 0 spiro atoms. The Labute approximate surface area is 142 Å². The van der Waals surface area contributed by atoms with Crippen molar-refractivity contribution in [2.24, 2.45) is 0 Å². The van der Waals surface area contributed by atoms with E-state index in [-0.39, 0.29) is 12.1 Å². The Morgan fingerprint density at radius 1 is 1.08 bits per heavy atom. The number of hydrogen-bond donors (Lipinski definition) is 0. The molecule has 3 rings (SSSR count). The highest BCUT2D eigenvalue weighted by atomic mass is 19.4. The third-order valence-corrected chi connectivity index (χ3v) is 3.91. The van der Waals surface area contributed by atoms with Crippen molar-refractivity contribution in [2.45, 2.75) is 19.6 Å². The van der Waals surface area contributed by atoms with Gasteiger partial charge in [-0.15, -0.1) is 0 Å². The van der Waals surface area contributed by atoms with E-state index in [1.165, 1.54) is 37.2 Å². The van der Waals surface area contributed by atoms with Crippen molar-refractivity contribution in [1.82, 2.24) is 14.5 Å². The number of methoxy groups -OCH3 is 1. The Kier molecular flexibility index (Phi) is 4.48. The molecule has 0 amide bonds. The smallest absolute Gasteiger partial charge is 0.431 e. The fourth-order valence-corrected chi connectivity index (χ4v) is 2.76. The first kappa shape index (κ1) is 17.0. The van der Waals surface area contributed by atoms with Gasteiger partial charge in [-0.25, -0.2) is 9.97 Å². The summed E-state index contributed by atoms with van der Waals surface area (Å²) in [6, 6.07) is 9.02. The van der Waals surface area contributed by atoms with Gasteiger partial charge in [0.15, 0.2) is 0 Å². The molecule has 0 unspecified atom stereocenters. The number of rotatable bonds is 4. The van der Waals surface area contributed by atoms with Gasteiger partial charge in [0, 0.05) is 18.3 Å². The molecule has 2 heterocycles. The lowest BCUT2D eigenvalue weighted by Gasteiger charge is -2.13. The highest BCUT2D eigenvalue weighted by Crippen LogP contribution is 2.37. The zero-order chi connectivity index (χ0) is 18.0. The van der Waals surface area contributed by atoms with E-state index in [1.54, 1.807) is 24.3 Å². The maximum Gasteiger partial charge on any atom is 0.431 e. The molecular formula is C18H16F3N3O. The average Bonchev–Trinajstić information content (AvgIpc) is 2.92. The van der Waals surface area contributed by atoms with Crippen molar-refractivity contribution in [3.05, 3.63) is 65.7 Å². The van der Waals surface area contributed by atoms with Gasteiger partial charge in [-0.2, -0.15) is 13.2 Å². The van der Waals surface area contributed by atoms with Crippen molar-refractivity contribution in [2.75, 3.05) is 7.11 Å². The lowest BCUT2D eigenvalue weighted by molar-refractivity contribution is -0.143. The van der Waals surface area contributed by atoms with Crippen LogP contribution in [-0.4, -0.2) is 21.6 Å². The molecule has 0 N–H and O–H groups in total. The third kappa shape index (κ3) is 3.50. The molecular weight excluding hydrogens is 331 g/mol. The van der Waals surface area contributed by atoms with Crippen LogP contribution < -0.4 is 4.74 Å². The Morgan fingerprint density at radius 2 is 1.80 bits per heavy atom. The second kappa shape index (κ2) is 6.58. The zero-order valence-electron chi connectivity index (χ0n) is 13.7. The Bertz CT molecular complexity index is 856. The van der Waals surface area contributed by atoms with E-state index in [1.807, 2.05) is 6.07 Å². The van der Waals surface area contributed by atoms with Gasteiger partial charge in [-0.1, -0.05) is 30.3 Å². The highest BCUT2D eigenvalue weighted by Gasteiger charge is 2.37. The number of benzene rings is 1. The largest absolute Gasteiger partial charge is 0.480 e. The Hall–Kier alpha value is -2.83. The van der Waals surface area contributed by atoms with Crippen LogP contribution in [0.15, 0.2) is 48.9 Å². The molecule has 0 saturated heterocycles. The normalized spacial score (nSPS) is 11.6. The summed E-state index contributed by atoms with van der Waals surface area (Å²) in [5, 5.41) is 0. The molecule has 0 fully saturated rings. The summed E-state index contributed by atoms with van der Waals surface area (Å²) in [4.78, 5) is 8.18. The van der Waals surface area contributed by atoms with Gasteiger partial charge in [0.05, 0.1) is 25.2 Å². The lowest BCUT2D eigenvalue weighted by atomic mass is 10.1. The first-order valence-electron chi connectivity index (χ1n) is 7.57. The third-order valence-electron chi connectivity index (χ3n) is 3.91. The van der Waals surface area contributed by atoms with Crippen molar-refractivity contribution >= 4 is 0 Å². The zero-order valence-corrected chi connectivity index (χ0v) is 13.7. The molecule has 0 aliphatic rings. The maximum atomic E-state index is 13.6. The van der Waals surface area contributed by atoms with Crippen LogP contribution in [0, 0.1) is 6.92 Å². The van der Waals surface area contributed by atoms with E-state index < -0.39 is 11.9 Å². The number of ether oxygens (including phenoxy) is 1. The van der Waals surface area contributed by atoms with E-state index in [0.29, 0.717) is 17.1 Å². The van der Waals surface area contributed by atoms with E-state index in [9.17, 15) is 13.2 Å². The topological polar surface area (TPSA) is 39.9 Å². The van der Waals surface area contributed by atoms with E-state index in [2.05, 4.69) is 9.97 Å². The molecule has 4 nitrogen and oxygen atoms in total. The molecule has 0 aliphatic carbocycles. The average molecular weight is 347 g/mol. The number of alkyl halides is 3. The first-order chi connectivity index (χ1) is 11.9. The van der Waals surface area contributed by atoms with Crippen LogP contribution in [0.2, 0.25) is 0 Å². The van der Waals surface area contributed by atoms with Crippen LogP contribution in [0.1, 0.15) is 16.8 Å². The second-order valence-electron chi connectivity index (χ2n) is 5.57. The number of nitrogens with zero attached hydrogens (tertiary/aromatic N) is 3. The van der Waals surface area contributed by atoms with Crippen LogP contribution in [0.3, 0.4) is 0 Å². The van der Waals surface area contributed by atoms with Gasteiger partial charge >= 0.3 is 6.18 Å². The molecule has 0 bridgehead atoms. The monoisotopic (exact) mass is 347 g/mol. The van der Waals surface area contributed by atoms with Crippen LogP contribution in [0.4, 0.5) is 13.2 Å². The number of hydrogen-bond acceptors (Lipinski definition) is 3. The molecule has 0 aliphatic heterocycles. The Morgan fingerprint density at radius 3 is 2.36 bits per heavy atom. The van der Waals surface area contributed by atoms with Crippen LogP contribution >= 0.6 is 0 Å². The molecule has 0 atom stereocenters. The lowest BCUT2D eigenvalue weighted by Crippen LogP contribution is -2.15. The molecule has 3 aromatic rings. The molecule has 0 radical (unpaired) electrons. The summed E-state index contributed by atoms with van der Waals surface area (Å²) in [6.07, 6.45) is -0.191. The molecule has 130 valence electrons. The quantitative estimate of drug-likeness (QED) is 0.705. The fraction of sp³-hybridized carbons (Fsp3) is 0.222.